The van der Waals surface area contributed by atoms with Crippen LogP contribution in [0.4, 0.5) is 0 Å². The van der Waals surface area contributed by atoms with Crippen LogP contribution in [0.2, 0.25) is 0 Å². The molecule has 12 unspecified atom stereocenters. The van der Waals surface area contributed by atoms with Crippen LogP contribution in [0, 0.1) is 0 Å². The molecule has 2 heterocycles. The number of unbranched alkanes of at least 4 members (excludes halogenated alkanes) is 44. The minimum absolute atomic E-state index is 0.246. The van der Waals surface area contributed by atoms with E-state index in [1.807, 2.05) is 6.08 Å². The Kier molecular flexibility index (Phi) is 61.3. The van der Waals surface area contributed by atoms with E-state index >= 15 is 0 Å². The summed E-state index contributed by atoms with van der Waals surface area (Å²) >= 11 is 0. The van der Waals surface area contributed by atoms with Gasteiger partial charge in [0, 0.05) is 6.42 Å². The number of amides is 1. The molecule has 560 valence electrons. The highest BCUT2D eigenvalue weighted by Gasteiger charge is 2.51. The molecule has 2 rings (SSSR count). The highest BCUT2D eigenvalue weighted by molar-refractivity contribution is 5.76. The van der Waals surface area contributed by atoms with Crippen molar-refractivity contribution in [3.63, 3.8) is 0 Å². The Morgan fingerprint density at radius 3 is 1.15 bits per heavy atom. The Morgan fingerprint density at radius 2 is 0.729 bits per heavy atom. The number of hydrogen-bond acceptors (Lipinski definition) is 13. The SMILES string of the molecule is CC/C=C\C/C=C\C/C=C\C/C=C\CCCCCCCCCCCCCCCCCCC(=O)NC(COC1OC(CO)C(OC2OC(CO)C(O)C(O)C2O)C(O)C1O)C(O)/C=C/CC/C=C/CCCCCCCCCCCCCCCCCCCCCCCCCCCCC. The number of aliphatic hydroxyl groups is 8. The number of aliphatic hydroxyl groups excluding tert-OH is 8. The molecule has 0 radical (unpaired) electrons. The first-order valence-corrected chi connectivity index (χ1v) is 40.2. The van der Waals surface area contributed by atoms with Gasteiger partial charge >= 0.3 is 0 Å². The summed E-state index contributed by atoms with van der Waals surface area (Å²) < 4.78 is 22.9. The molecule has 12 atom stereocenters. The van der Waals surface area contributed by atoms with Crippen molar-refractivity contribution in [1.29, 1.82) is 0 Å². The number of allylic oxidation sites excluding steroid dienone is 11. The van der Waals surface area contributed by atoms with Gasteiger partial charge in [0.2, 0.25) is 5.91 Å². The van der Waals surface area contributed by atoms with E-state index in [0.29, 0.717) is 12.8 Å². The summed E-state index contributed by atoms with van der Waals surface area (Å²) in [6.45, 7) is 2.72. The van der Waals surface area contributed by atoms with Crippen LogP contribution >= 0.6 is 0 Å². The molecule has 2 fully saturated rings. The lowest BCUT2D eigenvalue weighted by molar-refractivity contribution is -0.359. The molecule has 0 aliphatic carbocycles. The molecule has 2 aliphatic heterocycles. The summed E-state index contributed by atoms with van der Waals surface area (Å²) in [5.74, 6) is -0.246. The minimum atomic E-state index is -1.79. The first-order chi connectivity index (χ1) is 47.1. The standard InChI is InChI=1S/C82H149NO13/c1-3-5-7-9-11-13-15-17-19-21-23-25-27-29-31-33-34-35-36-38-39-41-43-45-47-49-51-53-55-57-59-61-63-65-71(86)70(69-93-81-79(92)77(90)80(73(68-85)95-81)96-82-78(91)76(89)75(88)72(67-84)94-82)83-74(87)66-64-62-60-58-56-54-52-50-48-46-44-42-40-37-32-30-28-26-24-22-20-18-16-14-12-10-8-6-4-2/h6,8,12,14,18,20,24,26,55,57,63,65,70-73,75-82,84-86,88-92H,3-5,7,9-11,13,15-17,19,21-23,25,27-54,56,58-62,64,66-69H2,1-2H3,(H,83,87)/b8-6-,14-12-,20-18-,26-24-,57-55+,65-63+. The summed E-state index contributed by atoms with van der Waals surface area (Å²) in [5, 5.41) is 87.7. The maximum atomic E-state index is 13.4. The van der Waals surface area contributed by atoms with E-state index in [0.717, 1.165) is 57.8 Å². The molecule has 0 bridgehead atoms. The Hall–Kier alpha value is -2.57. The molecule has 0 spiro atoms. The van der Waals surface area contributed by atoms with Crippen molar-refractivity contribution in [2.24, 2.45) is 0 Å². The van der Waals surface area contributed by atoms with Crippen LogP contribution in [0.1, 0.15) is 348 Å². The van der Waals surface area contributed by atoms with Crippen LogP contribution in [-0.4, -0.2) is 140 Å². The van der Waals surface area contributed by atoms with Gasteiger partial charge in [-0.25, -0.2) is 0 Å². The Balaban J connectivity index is 1.63. The Morgan fingerprint density at radius 1 is 0.385 bits per heavy atom. The molecule has 9 N–H and O–H groups in total. The third-order valence-electron chi connectivity index (χ3n) is 19.4. The molecule has 0 saturated carbocycles. The first-order valence-electron chi connectivity index (χ1n) is 40.2. The van der Waals surface area contributed by atoms with Gasteiger partial charge in [0.25, 0.3) is 0 Å². The number of carbonyl (C=O) groups is 1. The van der Waals surface area contributed by atoms with E-state index in [2.05, 4.69) is 79.9 Å². The zero-order valence-electron chi connectivity index (χ0n) is 61.4. The zero-order chi connectivity index (χ0) is 69.4. The predicted molar refractivity (Wildman–Crippen MR) is 397 cm³/mol. The summed E-state index contributed by atoms with van der Waals surface area (Å²) in [6, 6.07) is -0.936. The number of ether oxygens (including phenoxy) is 4. The summed E-state index contributed by atoms with van der Waals surface area (Å²) in [5.41, 5.74) is 0. The number of hydrogen-bond donors (Lipinski definition) is 9. The van der Waals surface area contributed by atoms with Crippen LogP contribution in [0.5, 0.6) is 0 Å². The van der Waals surface area contributed by atoms with Crippen molar-refractivity contribution in [3.8, 4) is 0 Å². The molecule has 0 aromatic rings. The number of nitrogens with one attached hydrogen (secondary N) is 1. The van der Waals surface area contributed by atoms with Gasteiger partial charge in [-0.2, -0.15) is 0 Å². The van der Waals surface area contributed by atoms with E-state index in [9.17, 15) is 45.6 Å². The number of carbonyl (C=O) groups excluding carboxylic acids is 1. The molecule has 0 aromatic heterocycles. The molecule has 96 heavy (non-hydrogen) atoms. The van der Waals surface area contributed by atoms with Crippen molar-refractivity contribution >= 4 is 5.91 Å². The predicted octanol–water partition coefficient (Wildman–Crippen LogP) is 18.1. The van der Waals surface area contributed by atoms with Gasteiger partial charge < -0.3 is 65.1 Å². The third kappa shape index (κ3) is 48.3. The van der Waals surface area contributed by atoms with Crippen molar-refractivity contribution in [3.05, 3.63) is 72.9 Å². The van der Waals surface area contributed by atoms with Gasteiger partial charge in [0.1, 0.15) is 48.8 Å². The van der Waals surface area contributed by atoms with Crippen molar-refractivity contribution in [2.45, 2.75) is 421 Å². The molecule has 2 aliphatic rings. The van der Waals surface area contributed by atoms with Crippen LogP contribution in [-0.2, 0) is 23.7 Å². The lowest BCUT2D eigenvalue weighted by Crippen LogP contribution is -2.65. The van der Waals surface area contributed by atoms with Gasteiger partial charge in [-0.3, -0.25) is 4.79 Å². The second kappa shape index (κ2) is 65.7. The topological polar surface area (TPSA) is 228 Å². The summed E-state index contributed by atoms with van der Waals surface area (Å²) in [6.07, 6.45) is 74.2. The van der Waals surface area contributed by atoms with Crippen molar-refractivity contribution in [2.75, 3.05) is 19.8 Å². The molecule has 14 heteroatoms. The van der Waals surface area contributed by atoms with Crippen LogP contribution in [0.25, 0.3) is 0 Å². The second-order valence-electron chi connectivity index (χ2n) is 28.2. The normalized spacial score (nSPS) is 22.6. The monoisotopic (exact) mass is 1360 g/mol. The molecule has 2 saturated heterocycles. The van der Waals surface area contributed by atoms with Gasteiger partial charge in [0.05, 0.1) is 32.0 Å². The molecular weight excluding hydrogens is 1210 g/mol. The van der Waals surface area contributed by atoms with Gasteiger partial charge in [-0.1, -0.05) is 344 Å². The highest BCUT2D eigenvalue weighted by Crippen LogP contribution is 2.30. The molecule has 14 nitrogen and oxygen atoms in total. The molecular formula is C82H149NO13. The molecule has 1 amide bonds. The smallest absolute Gasteiger partial charge is 0.220 e. The van der Waals surface area contributed by atoms with Gasteiger partial charge in [0.15, 0.2) is 12.6 Å². The summed E-state index contributed by atoms with van der Waals surface area (Å²) in [7, 11) is 0. The Labute approximate surface area is 587 Å². The fraction of sp³-hybridized carbons (Fsp3) is 0.841. The van der Waals surface area contributed by atoms with E-state index in [4.69, 9.17) is 18.9 Å². The average Bonchev–Trinajstić information content (AvgIpc) is 0.854. The second-order valence-corrected chi connectivity index (χ2v) is 28.2. The maximum Gasteiger partial charge on any atom is 0.220 e. The summed E-state index contributed by atoms with van der Waals surface area (Å²) in [4.78, 5) is 13.4. The van der Waals surface area contributed by atoms with E-state index in [1.54, 1.807) is 6.08 Å². The first kappa shape index (κ1) is 89.5. The zero-order valence-corrected chi connectivity index (χ0v) is 61.4. The van der Waals surface area contributed by atoms with E-state index < -0.39 is 86.8 Å². The van der Waals surface area contributed by atoms with E-state index in [1.165, 1.54) is 257 Å². The lowest BCUT2D eigenvalue weighted by Gasteiger charge is -2.46. The minimum Gasteiger partial charge on any atom is -0.394 e. The van der Waals surface area contributed by atoms with E-state index in [-0.39, 0.29) is 18.9 Å². The number of rotatable bonds is 67. The molecule has 0 aromatic carbocycles. The highest BCUT2D eigenvalue weighted by atomic mass is 16.7. The Bertz CT molecular complexity index is 1890. The fourth-order valence-corrected chi connectivity index (χ4v) is 13.1. The quantitative estimate of drug-likeness (QED) is 0.0204. The van der Waals surface area contributed by atoms with Gasteiger partial charge in [-0.15, -0.1) is 0 Å². The largest absolute Gasteiger partial charge is 0.394 e. The van der Waals surface area contributed by atoms with Crippen LogP contribution in [0.15, 0.2) is 72.9 Å². The third-order valence-corrected chi connectivity index (χ3v) is 19.4. The van der Waals surface area contributed by atoms with Crippen LogP contribution in [0.3, 0.4) is 0 Å². The maximum absolute atomic E-state index is 13.4. The van der Waals surface area contributed by atoms with Crippen molar-refractivity contribution < 1.29 is 64.6 Å². The fourth-order valence-electron chi connectivity index (χ4n) is 13.1. The van der Waals surface area contributed by atoms with Crippen LogP contribution < -0.4 is 5.32 Å². The van der Waals surface area contributed by atoms with Gasteiger partial charge in [-0.05, 0) is 70.6 Å². The van der Waals surface area contributed by atoms with Crippen molar-refractivity contribution in [1.82, 2.24) is 5.32 Å². The average molecular weight is 1360 g/mol. The lowest BCUT2D eigenvalue weighted by atomic mass is 9.97.